The first-order valence-electron chi connectivity index (χ1n) is 3.62. The number of nitrogens with zero attached hydrogens (tertiary/aromatic N) is 1. The van der Waals surface area contributed by atoms with Gasteiger partial charge in [0.2, 0.25) is 0 Å². The molecule has 0 bridgehead atoms. The van der Waals surface area contributed by atoms with Crippen LogP contribution in [0.15, 0.2) is 5.16 Å². The first-order valence-corrected chi connectivity index (χ1v) is 3.62. The molecule has 0 spiro atoms. The number of amides is 2. The lowest BCUT2D eigenvalue weighted by Crippen LogP contribution is -2.33. The van der Waals surface area contributed by atoms with Gasteiger partial charge in [0.05, 0.1) is 0 Å². The van der Waals surface area contributed by atoms with Gasteiger partial charge in [0, 0.05) is 20.0 Å². The van der Waals surface area contributed by atoms with Crippen LogP contribution in [0, 0.1) is 0 Å². The molecule has 0 aliphatic carbocycles. The zero-order valence-electron chi connectivity index (χ0n) is 7.00. The van der Waals surface area contributed by atoms with Gasteiger partial charge < -0.3 is 21.6 Å². The molecule has 70 valence electrons. The number of oxime groups is 1. The van der Waals surface area contributed by atoms with Crippen molar-refractivity contribution in [2.75, 3.05) is 13.6 Å². The minimum absolute atomic E-state index is 0.175. The van der Waals surface area contributed by atoms with Crippen LogP contribution in [0.4, 0.5) is 4.79 Å². The summed E-state index contributed by atoms with van der Waals surface area (Å²) in [4.78, 5) is 10.6. The number of urea groups is 1. The fourth-order valence-corrected chi connectivity index (χ4v) is 0.610. The van der Waals surface area contributed by atoms with Crippen molar-refractivity contribution in [3.8, 4) is 0 Å². The second-order valence-corrected chi connectivity index (χ2v) is 2.20. The fraction of sp³-hybridized carbons (Fsp3) is 0.667. The highest BCUT2D eigenvalue weighted by atomic mass is 16.4. The number of rotatable bonds is 4. The van der Waals surface area contributed by atoms with Crippen molar-refractivity contribution >= 4 is 11.9 Å². The van der Waals surface area contributed by atoms with E-state index in [1.807, 2.05) is 0 Å². The van der Waals surface area contributed by atoms with Crippen molar-refractivity contribution in [2.24, 2.45) is 10.9 Å². The maximum atomic E-state index is 10.6. The summed E-state index contributed by atoms with van der Waals surface area (Å²) < 4.78 is 0. The van der Waals surface area contributed by atoms with Gasteiger partial charge in [-0.1, -0.05) is 5.16 Å². The molecule has 12 heavy (non-hydrogen) atoms. The van der Waals surface area contributed by atoms with Gasteiger partial charge in [0.25, 0.3) is 0 Å². The van der Waals surface area contributed by atoms with Gasteiger partial charge in [-0.2, -0.15) is 0 Å². The number of hydrogen-bond donors (Lipinski definition) is 4. The highest BCUT2D eigenvalue weighted by Gasteiger charge is 1.96. The van der Waals surface area contributed by atoms with E-state index in [0.717, 1.165) is 0 Å². The minimum Gasteiger partial charge on any atom is -0.409 e. The Labute approximate surface area is 70.8 Å². The number of nitrogens with two attached hydrogens (primary N) is 1. The fourth-order valence-electron chi connectivity index (χ4n) is 0.610. The third kappa shape index (κ3) is 5.33. The zero-order valence-corrected chi connectivity index (χ0v) is 7.00. The summed E-state index contributed by atoms with van der Waals surface area (Å²) in [6.07, 6.45) is 1.13. The van der Waals surface area contributed by atoms with E-state index >= 15 is 0 Å². The molecular formula is C6H14N4O2. The van der Waals surface area contributed by atoms with Crippen molar-refractivity contribution < 1.29 is 10.0 Å². The number of carbonyl (C=O) groups excluding carboxylic acids is 1. The van der Waals surface area contributed by atoms with Gasteiger partial charge in [-0.3, -0.25) is 0 Å². The van der Waals surface area contributed by atoms with Crippen LogP contribution in [-0.2, 0) is 0 Å². The largest absolute Gasteiger partial charge is 0.409 e. The van der Waals surface area contributed by atoms with E-state index in [9.17, 15) is 4.79 Å². The van der Waals surface area contributed by atoms with E-state index in [0.29, 0.717) is 19.4 Å². The third-order valence-corrected chi connectivity index (χ3v) is 1.25. The lowest BCUT2D eigenvalue weighted by Gasteiger charge is -2.02. The molecule has 0 aromatic heterocycles. The highest BCUT2D eigenvalue weighted by Crippen LogP contribution is 1.85. The van der Waals surface area contributed by atoms with E-state index in [2.05, 4.69) is 15.8 Å². The Morgan fingerprint density at radius 1 is 1.67 bits per heavy atom. The van der Waals surface area contributed by atoms with Crippen LogP contribution in [0.1, 0.15) is 12.8 Å². The Morgan fingerprint density at radius 3 is 2.83 bits per heavy atom. The van der Waals surface area contributed by atoms with Gasteiger partial charge in [-0.15, -0.1) is 0 Å². The zero-order chi connectivity index (χ0) is 9.40. The summed E-state index contributed by atoms with van der Waals surface area (Å²) >= 11 is 0. The van der Waals surface area contributed by atoms with E-state index in [-0.39, 0.29) is 11.9 Å². The molecule has 0 aromatic rings. The van der Waals surface area contributed by atoms with Gasteiger partial charge in [-0.05, 0) is 6.42 Å². The predicted octanol–water partition coefficient (Wildman–Crippen LogP) is -0.558. The quantitative estimate of drug-likeness (QED) is 0.151. The van der Waals surface area contributed by atoms with Crippen LogP contribution in [0.5, 0.6) is 0 Å². The summed E-state index contributed by atoms with van der Waals surface area (Å²) in [5, 5.41) is 15.9. The second kappa shape index (κ2) is 6.26. The van der Waals surface area contributed by atoms with Gasteiger partial charge >= 0.3 is 6.03 Å². The second-order valence-electron chi connectivity index (χ2n) is 2.20. The summed E-state index contributed by atoms with van der Waals surface area (Å²) in [5.41, 5.74) is 5.19. The molecule has 0 aliphatic rings. The molecule has 0 rings (SSSR count). The maximum absolute atomic E-state index is 10.6. The smallest absolute Gasteiger partial charge is 0.314 e. The maximum Gasteiger partial charge on any atom is 0.314 e. The van der Waals surface area contributed by atoms with Gasteiger partial charge in [0.15, 0.2) is 0 Å². The van der Waals surface area contributed by atoms with E-state index in [4.69, 9.17) is 10.9 Å². The van der Waals surface area contributed by atoms with Crippen molar-refractivity contribution in [3.63, 3.8) is 0 Å². The van der Waals surface area contributed by atoms with Crippen LogP contribution < -0.4 is 16.4 Å². The molecule has 6 nitrogen and oxygen atoms in total. The summed E-state index contributed by atoms with van der Waals surface area (Å²) in [6.45, 7) is 0.510. The van der Waals surface area contributed by atoms with Gasteiger partial charge in [0.1, 0.15) is 5.84 Å². The average Bonchev–Trinajstić information content (AvgIpc) is 2.11. The Balaban J connectivity index is 3.27. The molecule has 0 fully saturated rings. The summed E-state index contributed by atoms with van der Waals surface area (Å²) in [6, 6.07) is -0.227. The number of hydrogen-bond acceptors (Lipinski definition) is 3. The molecule has 0 atom stereocenters. The van der Waals surface area contributed by atoms with E-state index < -0.39 is 0 Å². The topological polar surface area (TPSA) is 99.7 Å². The SMILES string of the molecule is CNC(=O)NCCCC(N)=NO. The van der Waals surface area contributed by atoms with Crippen LogP contribution in [0.2, 0.25) is 0 Å². The van der Waals surface area contributed by atoms with E-state index in [1.54, 1.807) is 7.05 Å². The highest BCUT2D eigenvalue weighted by molar-refractivity contribution is 5.79. The van der Waals surface area contributed by atoms with Crippen molar-refractivity contribution in [3.05, 3.63) is 0 Å². The number of nitrogens with one attached hydrogen (secondary N) is 2. The van der Waals surface area contributed by atoms with E-state index in [1.165, 1.54) is 0 Å². The standard InChI is InChI=1S/C6H14N4O2/c1-8-6(11)9-4-2-3-5(7)10-12/h12H,2-4H2,1H3,(H2,7,10)(H2,8,9,11). The van der Waals surface area contributed by atoms with Gasteiger partial charge in [-0.25, -0.2) is 4.79 Å². The normalized spacial score (nSPS) is 10.9. The van der Waals surface area contributed by atoms with Crippen molar-refractivity contribution in [2.45, 2.75) is 12.8 Å². The molecule has 0 saturated carbocycles. The van der Waals surface area contributed by atoms with Crippen LogP contribution >= 0.6 is 0 Å². The Kier molecular flexibility index (Phi) is 5.50. The molecule has 0 radical (unpaired) electrons. The van der Waals surface area contributed by atoms with Crippen molar-refractivity contribution in [1.82, 2.24) is 10.6 Å². The van der Waals surface area contributed by atoms with Crippen LogP contribution in [0.25, 0.3) is 0 Å². The first-order chi connectivity index (χ1) is 5.70. The minimum atomic E-state index is -0.227. The molecule has 0 aromatic carbocycles. The first kappa shape index (κ1) is 10.5. The molecule has 0 heterocycles. The molecule has 2 amide bonds. The average molecular weight is 174 g/mol. The summed E-state index contributed by atoms with van der Waals surface area (Å²) in [5.74, 6) is 0.175. The number of amidine groups is 1. The Morgan fingerprint density at radius 2 is 2.33 bits per heavy atom. The predicted molar refractivity (Wildman–Crippen MR) is 45.1 cm³/mol. The van der Waals surface area contributed by atoms with Crippen molar-refractivity contribution in [1.29, 1.82) is 0 Å². The summed E-state index contributed by atoms with van der Waals surface area (Å²) in [7, 11) is 1.54. The van der Waals surface area contributed by atoms with Crippen LogP contribution in [0.3, 0.4) is 0 Å². The molecular weight excluding hydrogens is 160 g/mol. The molecule has 0 unspecified atom stereocenters. The Hall–Kier alpha value is -1.46. The molecule has 0 saturated heterocycles. The van der Waals surface area contributed by atoms with Crippen LogP contribution in [-0.4, -0.2) is 30.7 Å². The molecule has 6 heteroatoms. The monoisotopic (exact) mass is 174 g/mol. The molecule has 5 N–H and O–H groups in total. The number of carbonyl (C=O) groups is 1. The lowest BCUT2D eigenvalue weighted by molar-refractivity contribution is 0.243. The third-order valence-electron chi connectivity index (χ3n) is 1.25. The molecule has 0 aliphatic heterocycles. The lowest BCUT2D eigenvalue weighted by atomic mass is 10.3. The Bertz CT molecular complexity index is 169.